The van der Waals surface area contributed by atoms with Gasteiger partial charge in [-0.25, -0.2) is 8.78 Å². The van der Waals surface area contributed by atoms with Crippen molar-refractivity contribution in [3.8, 4) is 0 Å². The number of hydrogen-bond acceptors (Lipinski definition) is 1. The zero-order chi connectivity index (χ0) is 17.0. The highest BCUT2D eigenvalue weighted by molar-refractivity contribution is 6.39. The first-order chi connectivity index (χ1) is 10.9. The van der Waals surface area contributed by atoms with E-state index >= 15 is 0 Å². The smallest absolute Gasteiger partial charge is 0.279 e. The summed E-state index contributed by atoms with van der Waals surface area (Å²) in [6.45, 7) is 1.88. The standard InChI is InChI=1S/C16H14Cl2F2N2O/c1-9(10-5-6-13(19)14(20)7-10)21-8-15(23)22-16-11(17)3-2-4-12(16)18/h2-7,9,21H,8H2,1H3,(H,22,23)/p+1/t9-/m0/s1. The van der Waals surface area contributed by atoms with Gasteiger partial charge in [-0.15, -0.1) is 0 Å². The highest BCUT2D eigenvalue weighted by atomic mass is 35.5. The van der Waals surface area contributed by atoms with E-state index in [0.29, 0.717) is 21.3 Å². The molecule has 0 aliphatic carbocycles. The van der Waals surface area contributed by atoms with Crippen molar-refractivity contribution in [2.45, 2.75) is 13.0 Å². The number of para-hydroxylation sites is 1. The molecule has 0 fully saturated rings. The van der Waals surface area contributed by atoms with Crippen LogP contribution in [-0.2, 0) is 4.79 Å². The number of amides is 1. The van der Waals surface area contributed by atoms with E-state index < -0.39 is 11.6 Å². The van der Waals surface area contributed by atoms with Crippen molar-refractivity contribution in [2.75, 3.05) is 11.9 Å². The highest BCUT2D eigenvalue weighted by Crippen LogP contribution is 2.29. The van der Waals surface area contributed by atoms with Crippen molar-refractivity contribution < 1.29 is 18.9 Å². The molecule has 0 aliphatic rings. The minimum Gasteiger partial charge on any atom is -0.333 e. The van der Waals surface area contributed by atoms with Gasteiger partial charge in [-0.05, 0) is 37.3 Å². The number of carbonyl (C=O) groups is 1. The van der Waals surface area contributed by atoms with Crippen molar-refractivity contribution >= 4 is 34.8 Å². The van der Waals surface area contributed by atoms with E-state index in [1.807, 2.05) is 0 Å². The third-order valence-corrected chi connectivity index (χ3v) is 3.98. The normalized spacial score (nSPS) is 12.0. The SMILES string of the molecule is C[C@H]([NH2+]CC(=O)Nc1c(Cl)cccc1Cl)c1ccc(F)c(F)c1. The minimum atomic E-state index is -0.907. The molecule has 2 aromatic carbocycles. The van der Waals surface area contributed by atoms with Crippen LogP contribution in [0.3, 0.4) is 0 Å². The summed E-state index contributed by atoms with van der Waals surface area (Å²) in [5, 5.41) is 5.03. The van der Waals surface area contributed by atoms with Gasteiger partial charge in [0.2, 0.25) is 0 Å². The average molecular weight is 360 g/mol. The largest absolute Gasteiger partial charge is 0.333 e. The third-order valence-electron chi connectivity index (χ3n) is 3.35. The van der Waals surface area contributed by atoms with Crippen LogP contribution in [0.5, 0.6) is 0 Å². The lowest BCUT2D eigenvalue weighted by molar-refractivity contribution is -0.682. The lowest BCUT2D eigenvalue weighted by Crippen LogP contribution is -2.86. The van der Waals surface area contributed by atoms with Crippen LogP contribution >= 0.6 is 23.2 Å². The van der Waals surface area contributed by atoms with Crippen LogP contribution in [0.1, 0.15) is 18.5 Å². The molecule has 122 valence electrons. The fourth-order valence-electron chi connectivity index (χ4n) is 2.02. The maximum absolute atomic E-state index is 13.2. The zero-order valence-corrected chi connectivity index (χ0v) is 13.8. The van der Waals surface area contributed by atoms with Crippen LogP contribution in [0.4, 0.5) is 14.5 Å². The van der Waals surface area contributed by atoms with Crippen molar-refractivity contribution in [2.24, 2.45) is 0 Å². The number of benzene rings is 2. The lowest BCUT2D eigenvalue weighted by atomic mass is 10.1. The van der Waals surface area contributed by atoms with Gasteiger partial charge in [0.05, 0.1) is 15.7 Å². The van der Waals surface area contributed by atoms with Gasteiger partial charge in [0.1, 0.15) is 6.04 Å². The summed E-state index contributed by atoms with van der Waals surface area (Å²) in [4.78, 5) is 12.0. The van der Waals surface area contributed by atoms with Crippen molar-refractivity contribution in [1.29, 1.82) is 0 Å². The van der Waals surface area contributed by atoms with Crippen molar-refractivity contribution in [1.82, 2.24) is 0 Å². The quantitative estimate of drug-likeness (QED) is 0.842. The average Bonchev–Trinajstić information content (AvgIpc) is 2.51. The van der Waals surface area contributed by atoms with Gasteiger partial charge in [0.25, 0.3) is 5.91 Å². The minimum absolute atomic E-state index is 0.0850. The molecule has 1 atom stereocenters. The van der Waals surface area contributed by atoms with E-state index in [1.165, 1.54) is 6.07 Å². The first-order valence-electron chi connectivity index (χ1n) is 6.90. The summed E-state index contributed by atoms with van der Waals surface area (Å²) in [5.41, 5.74) is 0.946. The number of nitrogens with two attached hydrogens (primary N) is 1. The number of rotatable bonds is 5. The molecule has 0 aliphatic heterocycles. The molecule has 0 heterocycles. The number of anilines is 1. The third kappa shape index (κ3) is 4.64. The summed E-state index contributed by atoms with van der Waals surface area (Å²) in [6, 6.07) is 8.39. The van der Waals surface area contributed by atoms with Gasteiger partial charge >= 0.3 is 0 Å². The fraction of sp³-hybridized carbons (Fsp3) is 0.188. The van der Waals surface area contributed by atoms with Gasteiger partial charge in [0, 0.05) is 5.56 Å². The van der Waals surface area contributed by atoms with E-state index in [0.717, 1.165) is 12.1 Å². The van der Waals surface area contributed by atoms with E-state index in [-0.39, 0.29) is 18.5 Å². The second-order valence-corrected chi connectivity index (χ2v) is 5.86. The monoisotopic (exact) mass is 359 g/mol. The topological polar surface area (TPSA) is 45.7 Å². The van der Waals surface area contributed by atoms with Crippen molar-refractivity contribution in [3.05, 3.63) is 63.6 Å². The van der Waals surface area contributed by atoms with Crippen LogP contribution in [0.15, 0.2) is 36.4 Å². The molecule has 0 saturated heterocycles. The van der Waals surface area contributed by atoms with Crippen molar-refractivity contribution in [3.63, 3.8) is 0 Å². The number of nitrogens with one attached hydrogen (secondary N) is 1. The Morgan fingerprint density at radius 2 is 1.83 bits per heavy atom. The van der Waals surface area contributed by atoms with Gasteiger partial charge in [0.15, 0.2) is 18.2 Å². The zero-order valence-electron chi connectivity index (χ0n) is 12.2. The molecule has 0 aromatic heterocycles. The maximum Gasteiger partial charge on any atom is 0.279 e. The molecule has 2 aromatic rings. The number of carbonyl (C=O) groups excluding carboxylic acids is 1. The number of quaternary nitrogens is 1. The molecule has 0 unspecified atom stereocenters. The Balaban J connectivity index is 1.95. The Morgan fingerprint density at radius 3 is 2.43 bits per heavy atom. The molecule has 2 rings (SSSR count). The molecule has 3 nitrogen and oxygen atoms in total. The summed E-state index contributed by atoms with van der Waals surface area (Å²) >= 11 is 12.0. The van der Waals surface area contributed by atoms with Gasteiger partial charge in [-0.1, -0.05) is 29.3 Å². The summed E-state index contributed by atoms with van der Waals surface area (Å²) in [5.74, 6) is -2.10. The molecular weight excluding hydrogens is 345 g/mol. The molecule has 1 amide bonds. The number of hydrogen-bond donors (Lipinski definition) is 2. The fourth-order valence-corrected chi connectivity index (χ4v) is 2.52. The molecule has 3 N–H and O–H groups in total. The first kappa shape index (κ1) is 17.7. The Labute approximate surface area is 142 Å². The van der Waals surface area contributed by atoms with E-state index in [4.69, 9.17) is 23.2 Å². The lowest BCUT2D eigenvalue weighted by Gasteiger charge is -2.12. The second kappa shape index (κ2) is 7.73. The predicted molar refractivity (Wildman–Crippen MR) is 86.7 cm³/mol. The van der Waals surface area contributed by atoms with Crippen LogP contribution < -0.4 is 10.6 Å². The van der Waals surface area contributed by atoms with Crippen LogP contribution in [0.25, 0.3) is 0 Å². The molecule has 7 heteroatoms. The maximum atomic E-state index is 13.2. The summed E-state index contributed by atoms with van der Waals surface area (Å²) in [6.07, 6.45) is 0. The molecular formula is C16H15Cl2F2N2O+. The molecule has 0 spiro atoms. The molecule has 0 bridgehead atoms. The van der Waals surface area contributed by atoms with Crippen LogP contribution in [0.2, 0.25) is 10.0 Å². The van der Waals surface area contributed by atoms with E-state index in [1.54, 1.807) is 30.4 Å². The Bertz CT molecular complexity index is 705. The Hall–Kier alpha value is -1.69. The molecule has 23 heavy (non-hydrogen) atoms. The van der Waals surface area contributed by atoms with E-state index in [9.17, 15) is 13.6 Å². The summed E-state index contributed by atoms with van der Waals surface area (Å²) < 4.78 is 26.1. The number of halogens is 4. The van der Waals surface area contributed by atoms with E-state index in [2.05, 4.69) is 5.32 Å². The van der Waals surface area contributed by atoms with Gasteiger partial charge in [-0.2, -0.15) is 0 Å². The predicted octanol–water partition coefficient (Wildman–Crippen LogP) is 3.53. The molecule has 0 radical (unpaired) electrons. The Morgan fingerprint density at radius 1 is 1.17 bits per heavy atom. The summed E-state index contributed by atoms with van der Waals surface area (Å²) in [7, 11) is 0. The highest BCUT2D eigenvalue weighted by Gasteiger charge is 2.15. The Kier molecular flexibility index (Phi) is 5.93. The van der Waals surface area contributed by atoms with Crippen LogP contribution in [0, 0.1) is 11.6 Å². The van der Waals surface area contributed by atoms with Gasteiger partial charge in [-0.3, -0.25) is 4.79 Å². The van der Waals surface area contributed by atoms with Gasteiger partial charge < -0.3 is 10.6 Å². The first-order valence-corrected chi connectivity index (χ1v) is 7.66. The van der Waals surface area contributed by atoms with Crippen LogP contribution in [-0.4, -0.2) is 12.5 Å². The molecule has 0 saturated carbocycles. The second-order valence-electron chi connectivity index (χ2n) is 5.05.